The smallest absolute Gasteiger partial charge is 0.408 e. The third-order valence-electron chi connectivity index (χ3n) is 9.09. The van der Waals surface area contributed by atoms with E-state index >= 15 is 4.79 Å². The summed E-state index contributed by atoms with van der Waals surface area (Å²) in [7, 11) is 5.67. The molecule has 1 aliphatic rings. The standard InChI is InChI=1S/C40H52N4O9/c1-39(2,3)53-38(48)42-31(24-34(45)51-6)36(46)44(27-30-22-32(49-4)35(52-7)33(23-30)50-5)40(37(47)41-25-28-14-10-8-11-15-28)18-20-43(21-19-40)26-29-16-12-9-13-17-29/h8-17,22-23,31H,18-21,24-27H2,1-7H3,(H,41,47)(H,42,48)/t31-/m0/s1. The number of rotatable bonds is 15. The Balaban J connectivity index is 1.82. The Morgan fingerprint density at radius 2 is 1.38 bits per heavy atom. The molecule has 3 amide bonds. The van der Waals surface area contributed by atoms with Crippen LogP contribution in [-0.2, 0) is 43.5 Å². The van der Waals surface area contributed by atoms with Gasteiger partial charge in [-0.15, -0.1) is 0 Å². The topological polar surface area (TPSA) is 145 Å². The van der Waals surface area contributed by atoms with Crippen LogP contribution in [0.5, 0.6) is 17.2 Å². The van der Waals surface area contributed by atoms with Gasteiger partial charge in [-0.05, 0) is 62.4 Å². The van der Waals surface area contributed by atoms with Crippen molar-refractivity contribution >= 4 is 23.9 Å². The Morgan fingerprint density at radius 3 is 1.89 bits per heavy atom. The van der Waals surface area contributed by atoms with E-state index in [9.17, 15) is 14.4 Å². The van der Waals surface area contributed by atoms with Crippen molar-refractivity contribution in [3.05, 3.63) is 89.5 Å². The molecule has 0 radical (unpaired) electrons. The molecule has 0 aromatic heterocycles. The Hall–Kier alpha value is -5.30. The van der Waals surface area contributed by atoms with Crippen molar-refractivity contribution in [2.24, 2.45) is 0 Å². The SMILES string of the molecule is COC(=O)C[C@H](NC(=O)OC(C)(C)C)C(=O)N(Cc1cc(OC)c(OC)c(OC)c1)C1(C(=O)NCc2ccccc2)CCN(Cc2ccccc2)CC1. The normalized spacial score (nSPS) is 14.6. The van der Waals surface area contributed by atoms with E-state index in [-0.39, 0.29) is 31.8 Å². The minimum absolute atomic E-state index is 0.110. The molecule has 53 heavy (non-hydrogen) atoms. The van der Waals surface area contributed by atoms with Crippen LogP contribution >= 0.6 is 0 Å². The van der Waals surface area contributed by atoms with Gasteiger partial charge >= 0.3 is 12.1 Å². The first-order chi connectivity index (χ1) is 25.3. The van der Waals surface area contributed by atoms with E-state index in [1.807, 2.05) is 48.5 Å². The number of amides is 3. The van der Waals surface area contributed by atoms with E-state index in [1.165, 1.54) is 33.3 Å². The van der Waals surface area contributed by atoms with Gasteiger partial charge in [0, 0.05) is 32.7 Å². The van der Waals surface area contributed by atoms with Crippen LogP contribution in [-0.4, -0.2) is 92.4 Å². The highest BCUT2D eigenvalue weighted by atomic mass is 16.6. The van der Waals surface area contributed by atoms with Gasteiger partial charge in [0.25, 0.3) is 0 Å². The van der Waals surface area contributed by atoms with E-state index in [0.717, 1.165) is 11.1 Å². The molecule has 13 nitrogen and oxygen atoms in total. The molecule has 1 heterocycles. The maximum absolute atomic E-state index is 15.1. The van der Waals surface area contributed by atoms with Gasteiger partial charge in [0.05, 0.1) is 34.9 Å². The molecular weight excluding hydrogens is 680 g/mol. The van der Waals surface area contributed by atoms with Gasteiger partial charge in [-0.2, -0.15) is 0 Å². The zero-order valence-corrected chi connectivity index (χ0v) is 31.7. The van der Waals surface area contributed by atoms with Crippen molar-refractivity contribution in [3.8, 4) is 17.2 Å². The first-order valence-corrected chi connectivity index (χ1v) is 17.6. The number of carbonyl (C=O) groups is 4. The fourth-order valence-electron chi connectivity index (χ4n) is 6.42. The monoisotopic (exact) mass is 732 g/mol. The third-order valence-corrected chi connectivity index (χ3v) is 9.09. The van der Waals surface area contributed by atoms with Crippen molar-refractivity contribution in [2.45, 2.75) is 76.8 Å². The molecule has 1 aliphatic heterocycles. The van der Waals surface area contributed by atoms with Crippen LogP contribution in [0.3, 0.4) is 0 Å². The number of nitrogens with zero attached hydrogens (tertiary/aromatic N) is 2. The van der Waals surface area contributed by atoms with Crippen molar-refractivity contribution in [1.82, 2.24) is 20.4 Å². The quantitative estimate of drug-likeness (QED) is 0.208. The molecule has 2 N–H and O–H groups in total. The number of alkyl carbamates (subject to hydrolysis) is 1. The summed E-state index contributed by atoms with van der Waals surface area (Å²) in [6, 6.07) is 21.5. The summed E-state index contributed by atoms with van der Waals surface area (Å²) in [4.78, 5) is 59.4. The molecule has 0 bridgehead atoms. The summed E-state index contributed by atoms with van der Waals surface area (Å²) in [5.74, 6) is -0.694. The van der Waals surface area contributed by atoms with Crippen LogP contribution in [0, 0.1) is 0 Å². The molecule has 0 saturated carbocycles. The fourth-order valence-corrected chi connectivity index (χ4v) is 6.42. The Bertz CT molecular complexity index is 1660. The van der Waals surface area contributed by atoms with Crippen LogP contribution < -0.4 is 24.8 Å². The highest BCUT2D eigenvalue weighted by Gasteiger charge is 2.50. The third kappa shape index (κ3) is 10.9. The number of esters is 1. The number of hydrogen-bond donors (Lipinski definition) is 2. The number of methoxy groups -OCH3 is 4. The van der Waals surface area contributed by atoms with Gasteiger partial charge in [-0.1, -0.05) is 60.7 Å². The maximum atomic E-state index is 15.1. The summed E-state index contributed by atoms with van der Waals surface area (Å²) in [5, 5.41) is 5.69. The van der Waals surface area contributed by atoms with Crippen molar-refractivity contribution < 1.29 is 42.9 Å². The molecule has 1 saturated heterocycles. The molecule has 1 fully saturated rings. The minimum Gasteiger partial charge on any atom is -0.493 e. The average molecular weight is 733 g/mol. The second-order valence-electron chi connectivity index (χ2n) is 13.9. The van der Waals surface area contributed by atoms with Crippen LogP contribution in [0.4, 0.5) is 4.79 Å². The van der Waals surface area contributed by atoms with E-state index in [0.29, 0.717) is 42.4 Å². The number of piperidine rings is 1. The van der Waals surface area contributed by atoms with Crippen LogP contribution in [0.2, 0.25) is 0 Å². The van der Waals surface area contributed by atoms with E-state index in [4.69, 9.17) is 23.7 Å². The molecular formula is C40H52N4O9. The predicted molar refractivity (Wildman–Crippen MR) is 198 cm³/mol. The molecule has 13 heteroatoms. The Labute approximate surface area is 311 Å². The van der Waals surface area contributed by atoms with E-state index < -0.39 is 41.6 Å². The average Bonchev–Trinajstić information content (AvgIpc) is 3.15. The summed E-state index contributed by atoms with van der Waals surface area (Å²) in [6.45, 7) is 6.81. The number of nitrogens with one attached hydrogen (secondary N) is 2. The van der Waals surface area contributed by atoms with Gasteiger partial charge < -0.3 is 39.2 Å². The first kappa shape index (κ1) is 40.5. The predicted octanol–water partition coefficient (Wildman–Crippen LogP) is 4.85. The highest BCUT2D eigenvalue weighted by molar-refractivity contribution is 5.96. The fraction of sp³-hybridized carbons (Fsp3) is 0.450. The van der Waals surface area contributed by atoms with Crippen molar-refractivity contribution in [3.63, 3.8) is 0 Å². The lowest BCUT2D eigenvalue weighted by molar-refractivity contribution is -0.156. The largest absolute Gasteiger partial charge is 0.493 e. The van der Waals surface area contributed by atoms with Gasteiger partial charge in [0.2, 0.25) is 17.6 Å². The molecule has 1 atom stereocenters. The lowest BCUT2D eigenvalue weighted by Crippen LogP contribution is -2.66. The summed E-state index contributed by atoms with van der Waals surface area (Å²) in [5.41, 5.74) is 0.268. The number of benzene rings is 3. The number of carbonyl (C=O) groups excluding carboxylic acids is 4. The van der Waals surface area contributed by atoms with Gasteiger partial charge in [0.1, 0.15) is 17.2 Å². The highest BCUT2D eigenvalue weighted by Crippen LogP contribution is 2.40. The van der Waals surface area contributed by atoms with Crippen LogP contribution in [0.15, 0.2) is 72.8 Å². The molecule has 0 unspecified atom stereocenters. The maximum Gasteiger partial charge on any atom is 0.408 e. The van der Waals surface area contributed by atoms with Crippen LogP contribution in [0.25, 0.3) is 0 Å². The van der Waals surface area contributed by atoms with Gasteiger partial charge in [0.15, 0.2) is 11.5 Å². The second kappa shape index (κ2) is 18.5. The molecule has 3 aromatic rings. The Kier molecular flexibility index (Phi) is 14.1. The molecule has 0 aliphatic carbocycles. The van der Waals surface area contributed by atoms with E-state index in [1.54, 1.807) is 32.9 Å². The zero-order valence-electron chi connectivity index (χ0n) is 31.7. The van der Waals surface area contributed by atoms with Gasteiger partial charge in [-0.25, -0.2) is 4.79 Å². The number of ether oxygens (including phenoxy) is 5. The second-order valence-corrected chi connectivity index (χ2v) is 13.9. The lowest BCUT2D eigenvalue weighted by atomic mass is 9.83. The first-order valence-electron chi connectivity index (χ1n) is 17.6. The van der Waals surface area contributed by atoms with Crippen molar-refractivity contribution in [1.29, 1.82) is 0 Å². The number of hydrogen-bond acceptors (Lipinski definition) is 10. The summed E-state index contributed by atoms with van der Waals surface area (Å²) < 4.78 is 27.2. The summed E-state index contributed by atoms with van der Waals surface area (Å²) in [6.07, 6.45) is -0.878. The Morgan fingerprint density at radius 1 is 0.811 bits per heavy atom. The number of likely N-dealkylation sites (tertiary alicyclic amines) is 1. The molecule has 3 aromatic carbocycles. The van der Waals surface area contributed by atoms with Crippen LogP contribution in [0.1, 0.15) is 56.7 Å². The molecule has 286 valence electrons. The van der Waals surface area contributed by atoms with Gasteiger partial charge in [-0.3, -0.25) is 19.3 Å². The molecule has 0 spiro atoms. The zero-order chi connectivity index (χ0) is 38.6. The van der Waals surface area contributed by atoms with Crippen molar-refractivity contribution in [2.75, 3.05) is 41.5 Å². The summed E-state index contributed by atoms with van der Waals surface area (Å²) >= 11 is 0. The molecule has 4 rings (SSSR count). The lowest BCUT2D eigenvalue weighted by Gasteiger charge is -2.48. The van der Waals surface area contributed by atoms with E-state index in [2.05, 4.69) is 27.7 Å². The minimum atomic E-state index is -1.43.